The highest BCUT2D eigenvalue weighted by Gasteiger charge is 2.44. The maximum atomic E-state index is 14.3. The van der Waals surface area contributed by atoms with E-state index in [-0.39, 0.29) is 61.8 Å². The van der Waals surface area contributed by atoms with Gasteiger partial charge in [0.2, 0.25) is 26.8 Å². The average molecular weight is 740 g/mol. The second-order valence-electron chi connectivity index (χ2n) is 13.8. The van der Waals surface area contributed by atoms with E-state index in [4.69, 9.17) is 23.7 Å². The summed E-state index contributed by atoms with van der Waals surface area (Å²) >= 11 is 0. The van der Waals surface area contributed by atoms with Gasteiger partial charge in [0.15, 0.2) is 17.8 Å². The molecule has 0 unspecified atom stereocenters. The highest BCUT2D eigenvalue weighted by molar-refractivity contribution is 7.89. The number of aliphatic hydroxyl groups excluding tert-OH is 1. The Balaban J connectivity index is 1.36. The van der Waals surface area contributed by atoms with Crippen LogP contribution < -0.4 is 19.5 Å². The number of fused-ring (bicyclic) bond motifs is 2. The van der Waals surface area contributed by atoms with Crippen molar-refractivity contribution in [2.24, 2.45) is 11.3 Å². The predicted octanol–water partition coefficient (Wildman–Crippen LogP) is 3.00. The fraction of sp³-hybridized carbons (Fsp3) is 0.618. The summed E-state index contributed by atoms with van der Waals surface area (Å²) in [5.74, 6) is 0.630. The molecule has 16 heteroatoms. The molecule has 50 heavy (non-hydrogen) atoms. The maximum Gasteiger partial charge on any atom is 0.407 e. The monoisotopic (exact) mass is 739 g/mol. The highest BCUT2D eigenvalue weighted by Crippen LogP contribution is 2.36. The molecule has 0 radical (unpaired) electrons. The predicted molar refractivity (Wildman–Crippen MR) is 184 cm³/mol. The van der Waals surface area contributed by atoms with Crippen molar-refractivity contribution in [1.82, 2.24) is 14.3 Å². The van der Waals surface area contributed by atoms with E-state index in [1.165, 1.54) is 22.5 Å². The molecule has 1 amide bonds. The smallest absolute Gasteiger partial charge is 0.407 e. The van der Waals surface area contributed by atoms with Crippen LogP contribution in [-0.4, -0.2) is 102 Å². The number of hydrogen-bond acceptors (Lipinski definition) is 11. The first-order valence-corrected chi connectivity index (χ1v) is 20.1. The number of aliphatic hydroxyl groups is 1. The number of carbonyl (C=O) groups excluding carboxylic acids is 1. The van der Waals surface area contributed by atoms with E-state index >= 15 is 0 Å². The van der Waals surface area contributed by atoms with Crippen molar-refractivity contribution in [3.63, 3.8) is 0 Å². The molecule has 0 bridgehead atoms. The third-order valence-electron chi connectivity index (χ3n) is 9.18. The topological polar surface area (TPSA) is 179 Å². The zero-order valence-corrected chi connectivity index (χ0v) is 30.4. The number of rotatable bonds is 18. The first-order valence-electron chi connectivity index (χ1n) is 17.1. The zero-order chi connectivity index (χ0) is 35.9. The molecule has 3 heterocycles. The zero-order valence-electron chi connectivity index (χ0n) is 28.8. The average Bonchev–Trinajstić information content (AvgIpc) is 3.82. The molecule has 3 N–H and O–H groups in total. The van der Waals surface area contributed by atoms with Gasteiger partial charge in [0.1, 0.15) is 6.10 Å². The van der Waals surface area contributed by atoms with E-state index in [2.05, 4.69) is 10.0 Å². The van der Waals surface area contributed by atoms with Gasteiger partial charge in [-0.1, -0.05) is 57.5 Å². The quantitative estimate of drug-likeness (QED) is 0.205. The van der Waals surface area contributed by atoms with Crippen LogP contribution in [0.5, 0.6) is 11.5 Å². The molecule has 0 aromatic heterocycles. The van der Waals surface area contributed by atoms with Crippen LogP contribution in [0.3, 0.4) is 0 Å². The van der Waals surface area contributed by atoms with E-state index < -0.39 is 56.1 Å². The van der Waals surface area contributed by atoms with Crippen molar-refractivity contribution in [2.75, 3.05) is 45.4 Å². The summed E-state index contributed by atoms with van der Waals surface area (Å²) in [6.45, 7) is 5.92. The Hall–Kier alpha value is -2.99. The van der Waals surface area contributed by atoms with Crippen molar-refractivity contribution >= 4 is 26.1 Å². The van der Waals surface area contributed by atoms with Gasteiger partial charge in [-0.25, -0.2) is 26.4 Å². The van der Waals surface area contributed by atoms with Gasteiger partial charge in [0, 0.05) is 25.7 Å². The molecule has 0 aliphatic carbocycles. The lowest BCUT2D eigenvalue weighted by Gasteiger charge is -2.35. The lowest BCUT2D eigenvalue weighted by Crippen LogP contribution is -2.52. The standard InChI is InChI=1S/C34H49N3O11S2/c1-4-5-17-49(40,41)35-15-14-34(2,3)22-37(50(42,43)25-11-12-29-30(19-25)47-23-46-29)20-28(38)27(18-24-9-7-6-8-10-24)36-33(39)48-31-21-45-32-26(31)13-16-44-32/h6-12,19,26-28,31-32,35,38H,4-5,13-18,20-23H2,1-3H3,(H,36,39)/t26-,27-,28+,31-,32+/m0/s1. The van der Waals surface area contributed by atoms with Crippen molar-refractivity contribution in [1.29, 1.82) is 0 Å². The molecule has 2 aromatic carbocycles. The van der Waals surface area contributed by atoms with E-state index in [0.29, 0.717) is 31.6 Å². The third kappa shape index (κ3) is 10.1. The number of amides is 1. The van der Waals surface area contributed by atoms with Crippen molar-refractivity contribution < 1.29 is 50.4 Å². The number of alkyl carbamates (subject to hydrolysis) is 1. The molecule has 278 valence electrons. The number of nitrogens with one attached hydrogen (secondary N) is 2. The van der Waals surface area contributed by atoms with Crippen LogP contribution >= 0.6 is 0 Å². The second kappa shape index (κ2) is 16.6. The van der Waals surface area contributed by atoms with Crippen molar-refractivity contribution in [2.45, 2.75) is 82.3 Å². The lowest BCUT2D eigenvalue weighted by atomic mass is 9.89. The van der Waals surface area contributed by atoms with Gasteiger partial charge in [-0.15, -0.1) is 0 Å². The van der Waals surface area contributed by atoms with Crippen LogP contribution in [0.2, 0.25) is 0 Å². The van der Waals surface area contributed by atoms with Crippen LogP contribution in [0.25, 0.3) is 0 Å². The van der Waals surface area contributed by atoms with Crippen LogP contribution in [0.4, 0.5) is 4.79 Å². The van der Waals surface area contributed by atoms with Gasteiger partial charge in [-0.05, 0) is 48.8 Å². The molecule has 5 atom stereocenters. The fourth-order valence-electron chi connectivity index (χ4n) is 6.30. The maximum absolute atomic E-state index is 14.3. The molecule has 2 aromatic rings. The largest absolute Gasteiger partial charge is 0.454 e. The van der Waals surface area contributed by atoms with Crippen molar-refractivity contribution in [3.05, 3.63) is 54.1 Å². The Labute approximate surface area is 294 Å². The molecule has 14 nitrogen and oxygen atoms in total. The minimum absolute atomic E-state index is 0.0156. The van der Waals surface area contributed by atoms with E-state index in [0.717, 1.165) is 12.0 Å². The number of carbonyl (C=O) groups is 1. The number of ether oxygens (including phenoxy) is 5. The molecular formula is C34H49N3O11S2. The number of benzene rings is 2. The number of hydrogen-bond donors (Lipinski definition) is 3. The Morgan fingerprint density at radius 3 is 2.60 bits per heavy atom. The Kier molecular flexibility index (Phi) is 12.7. The minimum Gasteiger partial charge on any atom is -0.454 e. The van der Waals surface area contributed by atoms with E-state index in [1.54, 1.807) is 0 Å². The summed E-state index contributed by atoms with van der Waals surface area (Å²) in [4.78, 5) is 13.2. The minimum atomic E-state index is -4.25. The van der Waals surface area contributed by atoms with Crippen LogP contribution in [0, 0.1) is 11.3 Å². The van der Waals surface area contributed by atoms with Gasteiger partial charge >= 0.3 is 6.09 Å². The SMILES string of the molecule is CCCCS(=O)(=O)NCCC(C)(C)CN(C[C@@H](O)[C@H](Cc1ccccc1)NC(=O)O[C@H]1CO[C@H]2OCC[C@H]21)S(=O)(=O)c1ccc2c(c1)OCO2. The fourth-order valence-corrected chi connectivity index (χ4v) is 9.19. The summed E-state index contributed by atoms with van der Waals surface area (Å²) in [6.07, 6.45) is -0.587. The summed E-state index contributed by atoms with van der Waals surface area (Å²) in [5.41, 5.74) is 0.0752. The lowest BCUT2D eigenvalue weighted by molar-refractivity contribution is -0.0907. The van der Waals surface area contributed by atoms with Gasteiger partial charge < -0.3 is 34.1 Å². The summed E-state index contributed by atoms with van der Waals surface area (Å²) in [7, 11) is -7.73. The molecule has 2 saturated heterocycles. The molecule has 3 aliphatic heterocycles. The van der Waals surface area contributed by atoms with Crippen molar-refractivity contribution in [3.8, 4) is 11.5 Å². The van der Waals surface area contributed by atoms with Gasteiger partial charge in [0.05, 0.1) is 41.9 Å². The Morgan fingerprint density at radius 2 is 1.84 bits per heavy atom. The highest BCUT2D eigenvalue weighted by atomic mass is 32.2. The van der Waals surface area contributed by atoms with Gasteiger partial charge in [-0.2, -0.15) is 4.31 Å². The first kappa shape index (κ1) is 38.2. The second-order valence-corrected chi connectivity index (χ2v) is 17.6. The van der Waals surface area contributed by atoms with Crippen LogP contribution in [0.15, 0.2) is 53.4 Å². The van der Waals surface area contributed by atoms with E-state index in [1.807, 2.05) is 51.1 Å². The number of unbranched alkanes of at least 4 members (excludes halogenated alkanes) is 1. The van der Waals surface area contributed by atoms with Gasteiger partial charge in [-0.3, -0.25) is 0 Å². The van der Waals surface area contributed by atoms with Crippen LogP contribution in [-0.2, 0) is 40.7 Å². The first-order chi connectivity index (χ1) is 23.8. The van der Waals surface area contributed by atoms with E-state index in [9.17, 15) is 26.7 Å². The Morgan fingerprint density at radius 1 is 1.08 bits per heavy atom. The number of sulfonamides is 2. The van der Waals surface area contributed by atoms with Gasteiger partial charge in [0.25, 0.3) is 0 Å². The molecule has 3 aliphatic rings. The summed E-state index contributed by atoms with van der Waals surface area (Å²) in [5, 5.41) is 14.6. The molecule has 0 spiro atoms. The molecule has 0 saturated carbocycles. The normalized spacial score (nSPS) is 21.6. The molecule has 2 fully saturated rings. The molecule has 5 rings (SSSR count). The number of nitrogens with zero attached hydrogens (tertiary/aromatic N) is 1. The Bertz CT molecular complexity index is 1660. The summed E-state index contributed by atoms with van der Waals surface area (Å²) < 4.78 is 84.9. The molecular weight excluding hydrogens is 691 g/mol. The third-order valence-corrected chi connectivity index (χ3v) is 12.5. The van der Waals surface area contributed by atoms with Crippen LogP contribution in [0.1, 0.15) is 52.0 Å². The summed E-state index contributed by atoms with van der Waals surface area (Å²) in [6, 6.07) is 12.6.